The van der Waals surface area contributed by atoms with Crippen LogP contribution in [0.2, 0.25) is 5.02 Å². The minimum atomic E-state index is -0.0574. The molecule has 0 saturated carbocycles. The van der Waals surface area contributed by atoms with Crippen molar-refractivity contribution in [2.45, 2.75) is 13.8 Å². The molecule has 2 rings (SSSR count). The molecule has 3 heteroatoms. The van der Waals surface area contributed by atoms with Crippen LogP contribution in [0.25, 0.3) is 0 Å². The number of benzene rings is 2. The molecule has 0 heterocycles. The lowest BCUT2D eigenvalue weighted by molar-refractivity contribution is 0.104. The van der Waals surface area contributed by atoms with E-state index in [1.807, 2.05) is 18.2 Å². The molecule has 0 aliphatic rings. The first-order valence-corrected chi connectivity index (χ1v) is 6.74. The van der Waals surface area contributed by atoms with E-state index in [9.17, 15) is 4.79 Å². The van der Waals surface area contributed by atoms with Gasteiger partial charge in [-0.25, -0.2) is 0 Å². The number of carbonyl (C=O) groups excluding carboxylic acids is 1. The van der Waals surface area contributed by atoms with Gasteiger partial charge in [-0.1, -0.05) is 17.7 Å². The van der Waals surface area contributed by atoms with Crippen LogP contribution < -0.4 is 5.32 Å². The molecule has 102 valence electrons. The van der Waals surface area contributed by atoms with Crippen molar-refractivity contribution in [1.82, 2.24) is 0 Å². The van der Waals surface area contributed by atoms with E-state index < -0.39 is 0 Å². The maximum absolute atomic E-state index is 11.9. The Kier molecular flexibility index (Phi) is 4.59. The second-order valence-corrected chi connectivity index (χ2v) is 5.08. The molecule has 0 aliphatic carbocycles. The van der Waals surface area contributed by atoms with Gasteiger partial charge in [-0.2, -0.15) is 0 Å². The summed E-state index contributed by atoms with van der Waals surface area (Å²) < 4.78 is 0. The van der Waals surface area contributed by atoms with E-state index >= 15 is 0 Å². The fourth-order valence-electron chi connectivity index (χ4n) is 1.76. The number of hydrogen-bond donors (Lipinski definition) is 1. The smallest absolute Gasteiger partial charge is 0.187 e. The number of ketones is 1. The Morgan fingerprint density at radius 2 is 1.75 bits per heavy atom. The summed E-state index contributed by atoms with van der Waals surface area (Å²) in [6.45, 7) is 4.13. The highest BCUT2D eigenvalue weighted by Crippen LogP contribution is 2.14. The van der Waals surface area contributed by atoms with Crippen molar-refractivity contribution in [2.75, 3.05) is 5.32 Å². The molecule has 0 saturated heterocycles. The van der Waals surface area contributed by atoms with Crippen LogP contribution in [0.1, 0.15) is 21.5 Å². The molecule has 0 aliphatic heterocycles. The summed E-state index contributed by atoms with van der Waals surface area (Å²) in [6, 6.07) is 12.9. The summed E-state index contributed by atoms with van der Waals surface area (Å²) in [7, 11) is 0. The second-order valence-electron chi connectivity index (χ2n) is 4.65. The molecule has 0 radical (unpaired) electrons. The van der Waals surface area contributed by atoms with Crippen molar-refractivity contribution in [3.05, 3.63) is 76.5 Å². The van der Waals surface area contributed by atoms with Crippen LogP contribution in [0, 0.1) is 13.8 Å². The average molecular weight is 286 g/mol. The van der Waals surface area contributed by atoms with Gasteiger partial charge in [0.25, 0.3) is 0 Å². The van der Waals surface area contributed by atoms with Crippen LogP contribution in [0.4, 0.5) is 5.69 Å². The topological polar surface area (TPSA) is 29.1 Å². The quantitative estimate of drug-likeness (QED) is 0.648. The van der Waals surface area contributed by atoms with Crippen LogP contribution in [0.15, 0.2) is 54.7 Å². The molecule has 0 atom stereocenters. The van der Waals surface area contributed by atoms with Crippen molar-refractivity contribution in [1.29, 1.82) is 0 Å². The van der Waals surface area contributed by atoms with Crippen molar-refractivity contribution < 1.29 is 4.79 Å². The summed E-state index contributed by atoms with van der Waals surface area (Å²) in [5.41, 5.74) is 4.05. The third-order valence-electron chi connectivity index (χ3n) is 3.12. The van der Waals surface area contributed by atoms with E-state index in [4.69, 9.17) is 11.6 Å². The predicted molar refractivity (Wildman–Crippen MR) is 84.5 cm³/mol. The van der Waals surface area contributed by atoms with Crippen LogP contribution in [0.3, 0.4) is 0 Å². The first-order valence-electron chi connectivity index (χ1n) is 6.36. The molecule has 0 unspecified atom stereocenters. The molecule has 0 spiro atoms. The lowest BCUT2D eigenvalue weighted by Gasteiger charge is -2.04. The molecule has 0 bridgehead atoms. The van der Waals surface area contributed by atoms with Gasteiger partial charge in [0.15, 0.2) is 5.78 Å². The maximum Gasteiger partial charge on any atom is 0.187 e. The SMILES string of the molecule is Cc1ccc(NC=CC(=O)c2ccc(Cl)cc2)cc1C. The number of anilines is 1. The number of halogens is 1. The third kappa shape index (κ3) is 3.72. The fraction of sp³-hybridized carbons (Fsp3) is 0.118. The van der Waals surface area contributed by atoms with E-state index in [2.05, 4.69) is 19.2 Å². The number of allylic oxidation sites excluding steroid dienone is 1. The summed E-state index contributed by atoms with van der Waals surface area (Å²) in [6.07, 6.45) is 3.17. The van der Waals surface area contributed by atoms with Crippen LogP contribution in [-0.4, -0.2) is 5.78 Å². The van der Waals surface area contributed by atoms with Gasteiger partial charge in [-0.3, -0.25) is 4.79 Å². The third-order valence-corrected chi connectivity index (χ3v) is 3.37. The molecule has 2 nitrogen and oxygen atoms in total. The molecule has 20 heavy (non-hydrogen) atoms. The largest absolute Gasteiger partial charge is 0.362 e. The Balaban J connectivity index is 2.00. The zero-order valence-corrected chi connectivity index (χ0v) is 12.2. The Hall–Kier alpha value is -2.06. The lowest BCUT2D eigenvalue weighted by atomic mass is 10.1. The maximum atomic E-state index is 11.9. The van der Waals surface area contributed by atoms with Gasteiger partial charge in [0, 0.05) is 28.5 Å². The van der Waals surface area contributed by atoms with E-state index in [1.54, 1.807) is 30.5 Å². The van der Waals surface area contributed by atoms with E-state index in [1.165, 1.54) is 17.2 Å². The number of nitrogens with one attached hydrogen (secondary N) is 1. The zero-order valence-electron chi connectivity index (χ0n) is 11.5. The summed E-state index contributed by atoms with van der Waals surface area (Å²) >= 11 is 5.79. The van der Waals surface area contributed by atoms with Crippen molar-refractivity contribution in [3.63, 3.8) is 0 Å². The second kappa shape index (κ2) is 6.40. The van der Waals surface area contributed by atoms with Gasteiger partial charge in [0.1, 0.15) is 0 Å². The van der Waals surface area contributed by atoms with Crippen LogP contribution >= 0.6 is 11.6 Å². The first kappa shape index (κ1) is 14.4. The molecule has 2 aromatic carbocycles. The monoisotopic (exact) mass is 285 g/mol. The van der Waals surface area contributed by atoms with Gasteiger partial charge in [0.2, 0.25) is 0 Å². The molecular weight excluding hydrogens is 270 g/mol. The molecular formula is C17H16ClNO. The minimum absolute atomic E-state index is 0.0574. The summed E-state index contributed by atoms with van der Waals surface area (Å²) in [4.78, 5) is 11.9. The predicted octanol–water partition coefficient (Wildman–Crippen LogP) is 4.77. The highest BCUT2D eigenvalue weighted by Gasteiger charge is 2.00. The van der Waals surface area contributed by atoms with Crippen LogP contribution in [0.5, 0.6) is 0 Å². The van der Waals surface area contributed by atoms with Gasteiger partial charge < -0.3 is 5.32 Å². The molecule has 0 aromatic heterocycles. The van der Waals surface area contributed by atoms with Gasteiger partial charge in [-0.15, -0.1) is 0 Å². The Bertz CT molecular complexity index is 645. The Labute approximate surface area is 124 Å². The number of carbonyl (C=O) groups is 1. The van der Waals surface area contributed by atoms with Crippen molar-refractivity contribution >= 4 is 23.1 Å². The normalized spacial score (nSPS) is 10.8. The van der Waals surface area contributed by atoms with Gasteiger partial charge in [-0.05, 0) is 61.4 Å². The molecule has 2 aromatic rings. The zero-order chi connectivity index (χ0) is 14.5. The molecule has 0 fully saturated rings. The number of hydrogen-bond acceptors (Lipinski definition) is 2. The minimum Gasteiger partial charge on any atom is -0.362 e. The molecule has 0 amide bonds. The van der Waals surface area contributed by atoms with Crippen molar-refractivity contribution in [3.8, 4) is 0 Å². The summed E-state index contributed by atoms with van der Waals surface area (Å²) in [5.74, 6) is -0.0574. The van der Waals surface area contributed by atoms with Crippen molar-refractivity contribution in [2.24, 2.45) is 0 Å². The Morgan fingerprint density at radius 1 is 1.05 bits per heavy atom. The van der Waals surface area contributed by atoms with E-state index in [0.29, 0.717) is 10.6 Å². The summed E-state index contributed by atoms with van der Waals surface area (Å²) in [5, 5.41) is 3.72. The number of rotatable bonds is 4. The first-order chi connectivity index (χ1) is 9.56. The fourth-order valence-corrected chi connectivity index (χ4v) is 1.88. The Morgan fingerprint density at radius 3 is 2.40 bits per heavy atom. The van der Waals surface area contributed by atoms with Gasteiger partial charge in [0.05, 0.1) is 0 Å². The van der Waals surface area contributed by atoms with Gasteiger partial charge >= 0.3 is 0 Å². The highest BCUT2D eigenvalue weighted by molar-refractivity contribution is 6.30. The standard InChI is InChI=1S/C17H16ClNO/c1-12-3-8-16(11-13(12)2)19-10-9-17(20)14-4-6-15(18)7-5-14/h3-11,19H,1-2H3. The van der Waals surface area contributed by atoms with Crippen LogP contribution in [-0.2, 0) is 0 Å². The van der Waals surface area contributed by atoms with E-state index in [0.717, 1.165) is 5.69 Å². The average Bonchev–Trinajstić information content (AvgIpc) is 2.43. The highest BCUT2D eigenvalue weighted by atomic mass is 35.5. The van der Waals surface area contributed by atoms with E-state index in [-0.39, 0.29) is 5.78 Å². The lowest BCUT2D eigenvalue weighted by Crippen LogP contribution is -1.96. The number of aryl methyl sites for hydroxylation is 2. The molecule has 1 N–H and O–H groups in total.